The van der Waals surface area contributed by atoms with Gasteiger partial charge in [0.15, 0.2) is 18.0 Å². The van der Waals surface area contributed by atoms with Gasteiger partial charge in [0.25, 0.3) is 0 Å². The molecule has 3 aliphatic heterocycles. The summed E-state index contributed by atoms with van der Waals surface area (Å²) in [6.45, 7) is 11.7. The Hall–Kier alpha value is -2.32. The van der Waals surface area contributed by atoms with E-state index in [4.69, 9.17) is 42.6 Å². The fraction of sp³-hybridized carbons (Fsp3) is 0.871. The molecule has 0 N–H and O–H groups in total. The van der Waals surface area contributed by atoms with E-state index >= 15 is 0 Å². The molecule has 13 heteroatoms. The van der Waals surface area contributed by atoms with Gasteiger partial charge in [-0.1, -0.05) is 13.3 Å². The van der Waals surface area contributed by atoms with Crippen LogP contribution in [-0.4, -0.2) is 105 Å². The summed E-state index contributed by atoms with van der Waals surface area (Å²) in [4.78, 5) is 48.0. The number of hydrogen-bond donors (Lipinski definition) is 0. The fourth-order valence-electron chi connectivity index (χ4n) is 5.80. The van der Waals surface area contributed by atoms with Gasteiger partial charge in [-0.3, -0.25) is 19.2 Å². The van der Waals surface area contributed by atoms with Crippen LogP contribution in [-0.2, 0) is 61.8 Å². The van der Waals surface area contributed by atoms with Gasteiger partial charge in [0.05, 0.1) is 24.2 Å². The van der Waals surface area contributed by atoms with E-state index in [2.05, 4.69) is 0 Å². The summed E-state index contributed by atoms with van der Waals surface area (Å²) < 4.78 is 53.9. The molecule has 0 spiro atoms. The van der Waals surface area contributed by atoms with Crippen LogP contribution in [0.3, 0.4) is 0 Å². The van der Waals surface area contributed by atoms with Crippen LogP contribution in [0.2, 0.25) is 0 Å². The van der Waals surface area contributed by atoms with Gasteiger partial charge in [0.2, 0.25) is 0 Å². The van der Waals surface area contributed by atoms with Crippen molar-refractivity contribution in [3.63, 3.8) is 0 Å². The minimum absolute atomic E-state index is 0.139. The third-order valence-corrected chi connectivity index (χ3v) is 7.93. The van der Waals surface area contributed by atoms with Crippen molar-refractivity contribution in [3.8, 4) is 0 Å². The number of methoxy groups -OCH3 is 1. The number of rotatable bonds is 14. The quantitative estimate of drug-likeness (QED) is 0.157. The SMILES string of the molecule is CCCCOC1C(C[C@H](COC(C)=O)OC(C)=O)OC2[C@H]1OC1(OC)CCC(CCOC(=O)C(C)(C)C)O[C@@H]1[C@H]2OC(C)=O. The van der Waals surface area contributed by atoms with Crippen LogP contribution in [0, 0.1) is 5.41 Å². The molecule has 0 aliphatic carbocycles. The molecule has 0 saturated carbocycles. The normalized spacial score (nSPS) is 32.1. The van der Waals surface area contributed by atoms with E-state index in [0.717, 1.165) is 12.8 Å². The van der Waals surface area contributed by atoms with Crippen molar-refractivity contribution in [3.05, 3.63) is 0 Å². The first-order valence-corrected chi connectivity index (χ1v) is 15.5. The summed E-state index contributed by atoms with van der Waals surface area (Å²) in [5, 5.41) is 0. The molecule has 252 valence electrons. The van der Waals surface area contributed by atoms with Crippen LogP contribution in [0.1, 0.15) is 87.0 Å². The average Bonchev–Trinajstić information content (AvgIpc) is 3.27. The van der Waals surface area contributed by atoms with Crippen LogP contribution < -0.4 is 0 Å². The Kier molecular flexibility index (Phi) is 13.0. The third-order valence-electron chi connectivity index (χ3n) is 7.93. The minimum atomic E-state index is -1.27. The molecule has 3 rings (SSSR count). The molecular formula is C31H50O13. The Balaban J connectivity index is 1.86. The number of carbonyl (C=O) groups excluding carboxylic acids is 4. The summed E-state index contributed by atoms with van der Waals surface area (Å²) in [5.41, 5.74) is -0.621. The highest BCUT2D eigenvalue weighted by atomic mass is 16.8. The first-order valence-electron chi connectivity index (χ1n) is 15.5. The number of unbranched alkanes of at least 4 members (excludes halogenated alkanes) is 1. The van der Waals surface area contributed by atoms with Gasteiger partial charge in [0.1, 0.15) is 31.0 Å². The lowest BCUT2D eigenvalue weighted by molar-refractivity contribution is -0.383. The summed E-state index contributed by atoms with van der Waals surface area (Å²) in [6.07, 6.45) is -2.48. The molecule has 0 aromatic rings. The van der Waals surface area contributed by atoms with Gasteiger partial charge in [-0.15, -0.1) is 0 Å². The lowest BCUT2D eigenvalue weighted by Gasteiger charge is -2.53. The molecule has 0 aromatic carbocycles. The van der Waals surface area contributed by atoms with E-state index in [-0.39, 0.29) is 31.7 Å². The monoisotopic (exact) mass is 630 g/mol. The number of esters is 4. The Morgan fingerprint density at radius 3 is 2.25 bits per heavy atom. The Morgan fingerprint density at radius 2 is 1.66 bits per heavy atom. The van der Waals surface area contributed by atoms with Gasteiger partial charge in [-0.25, -0.2) is 0 Å². The number of carbonyl (C=O) groups is 4. The van der Waals surface area contributed by atoms with Crippen molar-refractivity contribution >= 4 is 23.9 Å². The van der Waals surface area contributed by atoms with Crippen molar-refractivity contribution in [1.29, 1.82) is 0 Å². The summed E-state index contributed by atoms with van der Waals surface area (Å²) in [7, 11) is 1.52. The van der Waals surface area contributed by atoms with Crippen LogP contribution in [0.25, 0.3) is 0 Å². The van der Waals surface area contributed by atoms with Crippen molar-refractivity contribution in [2.45, 2.75) is 142 Å². The highest BCUT2D eigenvalue weighted by molar-refractivity contribution is 5.75. The van der Waals surface area contributed by atoms with E-state index in [0.29, 0.717) is 25.9 Å². The van der Waals surface area contributed by atoms with E-state index in [1.165, 1.54) is 27.9 Å². The van der Waals surface area contributed by atoms with Crippen LogP contribution >= 0.6 is 0 Å². The number of ether oxygens (including phenoxy) is 9. The zero-order valence-corrected chi connectivity index (χ0v) is 27.3. The summed E-state index contributed by atoms with van der Waals surface area (Å²) in [6, 6.07) is 0. The zero-order valence-electron chi connectivity index (χ0n) is 27.3. The van der Waals surface area contributed by atoms with Crippen molar-refractivity contribution in [2.75, 3.05) is 26.9 Å². The Morgan fingerprint density at radius 1 is 0.932 bits per heavy atom. The molecule has 3 heterocycles. The van der Waals surface area contributed by atoms with E-state index < -0.39 is 71.8 Å². The lowest BCUT2D eigenvalue weighted by Crippen LogP contribution is -2.69. The van der Waals surface area contributed by atoms with Gasteiger partial charge in [-0.2, -0.15) is 0 Å². The average molecular weight is 631 g/mol. The Bertz CT molecular complexity index is 994. The van der Waals surface area contributed by atoms with Gasteiger partial charge in [-0.05, 0) is 33.6 Å². The van der Waals surface area contributed by atoms with Gasteiger partial charge in [0, 0.05) is 53.8 Å². The van der Waals surface area contributed by atoms with Gasteiger partial charge >= 0.3 is 23.9 Å². The molecule has 0 radical (unpaired) electrons. The largest absolute Gasteiger partial charge is 0.465 e. The number of fused-ring (bicyclic) bond motifs is 2. The highest BCUT2D eigenvalue weighted by Crippen LogP contribution is 2.48. The van der Waals surface area contributed by atoms with Crippen LogP contribution in [0.5, 0.6) is 0 Å². The molecule has 0 bridgehead atoms. The van der Waals surface area contributed by atoms with E-state index in [9.17, 15) is 19.2 Å². The molecule has 3 saturated heterocycles. The van der Waals surface area contributed by atoms with Crippen LogP contribution in [0.4, 0.5) is 0 Å². The molecular weight excluding hydrogens is 580 g/mol. The maximum Gasteiger partial charge on any atom is 0.311 e. The second-order valence-corrected chi connectivity index (χ2v) is 12.7. The predicted molar refractivity (Wildman–Crippen MR) is 153 cm³/mol. The highest BCUT2D eigenvalue weighted by Gasteiger charge is 2.65. The number of hydrogen-bond acceptors (Lipinski definition) is 13. The molecule has 44 heavy (non-hydrogen) atoms. The molecule has 3 fully saturated rings. The first-order chi connectivity index (χ1) is 20.7. The first kappa shape index (κ1) is 36.2. The van der Waals surface area contributed by atoms with E-state index in [1.54, 1.807) is 20.8 Å². The maximum absolute atomic E-state index is 12.4. The predicted octanol–water partition coefficient (Wildman–Crippen LogP) is 3.02. The molecule has 5 unspecified atom stereocenters. The maximum atomic E-state index is 12.4. The Labute approximate surface area is 259 Å². The fourth-order valence-corrected chi connectivity index (χ4v) is 5.80. The lowest BCUT2D eigenvalue weighted by atomic mass is 9.84. The second kappa shape index (κ2) is 15.8. The standard InChI is InChI=1S/C31H50O13/c1-9-10-14-37-24-23(16-22(40-19(3)33)17-39-18(2)32)43-25-26(24)44-31(36-8)13-11-21(12-15-38-29(35)30(5,6)7)42-28(31)27(25)41-20(4)34/h21-28H,9-17H2,1-8H3/t21?,22-,23?,24?,25?,26+,27+,28-,31?/m1/s1. The van der Waals surface area contributed by atoms with Crippen molar-refractivity contribution in [1.82, 2.24) is 0 Å². The van der Waals surface area contributed by atoms with E-state index in [1.807, 2.05) is 6.92 Å². The summed E-state index contributed by atoms with van der Waals surface area (Å²) in [5.74, 6) is -3.15. The zero-order chi connectivity index (χ0) is 32.7. The molecule has 3 aliphatic rings. The smallest absolute Gasteiger partial charge is 0.311 e. The molecule has 0 aromatic heterocycles. The second-order valence-electron chi connectivity index (χ2n) is 12.7. The third kappa shape index (κ3) is 9.35. The molecule has 13 nitrogen and oxygen atoms in total. The molecule has 0 amide bonds. The summed E-state index contributed by atoms with van der Waals surface area (Å²) >= 11 is 0. The molecule has 9 atom stereocenters. The minimum Gasteiger partial charge on any atom is -0.465 e. The van der Waals surface area contributed by atoms with Crippen molar-refractivity contribution < 1.29 is 61.8 Å². The van der Waals surface area contributed by atoms with Gasteiger partial charge < -0.3 is 42.6 Å². The van der Waals surface area contributed by atoms with Crippen molar-refractivity contribution in [2.24, 2.45) is 5.41 Å². The van der Waals surface area contributed by atoms with Crippen LogP contribution in [0.15, 0.2) is 0 Å². The topological polar surface area (TPSA) is 151 Å².